The zero-order chi connectivity index (χ0) is 21.8. The quantitative estimate of drug-likeness (QED) is 0.538. The van der Waals surface area contributed by atoms with Gasteiger partial charge in [-0.15, -0.1) is 11.3 Å². The van der Waals surface area contributed by atoms with E-state index in [9.17, 15) is 8.42 Å². The molecule has 2 aromatic heterocycles. The summed E-state index contributed by atoms with van der Waals surface area (Å²) in [5.41, 5.74) is 2.19. The van der Waals surface area contributed by atoms with Crippen molar-refractivity contribution in [2.24, 2.45) is 0 Å². The fourth-order valence-corrected chi connectivity index (χ4v) is 6.97. The molecular weight excluding hydrogens is 456 g/mol. The minimum atomic E-state index is -3.60. The summed E-state index contributed by atoms with van der Waals surface area (Å²) in [6, 6.07) is 7.49. The molecule has 1 aromatic carbocycles. The lowest BCUT2D eigenvalue weighted by Crippen LogP contribution is -2.48. The molecule has 0 atom stereocenters. The van der Waals surface area contributed by atoms with Gasteiger partial charge in [-0.05, 0) is 50.5 Å². The second kappa shape index (κ2) is 7.88. The number of halogens is 1. The summed E-state index contributed by atoms with van der Waals surface area (Å²) < 4.78 is 33.6. The minimum Gasteiger partial charge on any atom is -0.369 e. The van der Waals surface area contributed by atoms with E-state index in [1.165, 1.54) is 11.3 Å². The van der Waals surface area contributed by atoms with Gasteiger partial charge in [0.2, 0.25) is 21.7 Å². The van der Waals surface area contributed by atoms with Crippen molar-refractivity contribution in [3.63, 3.8) is 0 Å². The van der Waals surface area contributed by atoms with E-state index in [4.69, 9.17) is 16.1 Å². The van der Waals surface area contributed by atoms with Crippen LogP contribution in [-0.2, 0) is 10.0 Å². The molecular formula is C21H23ClN4O3S2. The molecule has 1 saturated heterocycles. The van der Waals surface area contributed by atoms with E-state index < -0.39 is 10.0 Å². The van der Waals surface area contributed by atoms with Gasteiger partial charge in [0.1, 0.15) is 0 Å². The van der Waals surface area contributed by atoms with E-state index in [-0.39, 0.29) is 0 Å². The summed E-state index contributed by atoms with van der Waals surface area (Å²) in [6.07, 6.45) is 2.15. The number of thiophene rings is 1. The predicted octanol–water partition coefficient (Wildman–Crippen LogP) is 4.46. The van der Waals surface area contributed by atoms with E-state index >= 15 is 0 Å². The van der Waals surface area contributed by atoms with Crippen molar-refractivity contribution in [2.45, 2.75) is 37.5 Å². The molecule has 5 rings (SSSR count). The van der Waals surface area contributed by atoms with Gasteiger partial charge in [-0.1, -0.05) is 22.8 Å². The highest BCUT2D eigenvalue weighted by atomic mass is 35.5. The summed E-state index contributed by atoms with van der Waals surface area (Å²) >= 11 is 7.55. The summed E-state index contributed by atoms with van der Waals surface area (Å²) in [5, 5.41) is 4.74. The summed E-state index contributed by atoms with van der Waals surface area (Å²) in [4.78, 5) is 8.44. The van der Waals surface area contributed by atoms with Crippen molar-refractivity contribution in [1.82, 2.24) is 14.4 Å². The molecule has 0 spiro atoms. The Bertz CT molecular complexity index is 1230. The third kappa shape index (κ3) is 4.00. The summed E-state index contributed by atoms with van der Waals surface area (Å²) in [6.45, 7) is 5.95. The van der Waals surface area contributed by atoms with Gasteiger partial charge in [-0.25, -0.2) is 8.42 Å². The first-order valence-corrected chi connectivity index (χ1v) is 12.9. The van der Waals surface area contributed by atoms with E-state index in [1.54, 1.807) is 10.4 Å². The number of piperazine rings is 1. The van der Waals surface area contributed by atoms with Gasteiger partial charge < -0.3 is 9.42 Å². The van der Waals surface area contributed by atoms with Crippen molar-refractivity contribution in [3.8, 4) is 10.7 Å². The van der Waals surface area contributed by atoms with Gasteiger partial charge in [-0.3, -0.25) is 0 Å². The fourth-order valence-electron chi connectivity index (χ4n) is 3.89. The Morgan fingerprint density at radius 3 is 2.58 bits per heavy atom. The first-order valence-electron chi connectivity index (χ1n) is 10.3. The van der Waals surface area contributed by atoms with Gasteiger partial charge >= 0.3 is 0 Å². The second-order valence-electron chi connectivity index (χ2n) is 8.08. The topological polar surface area (TPSA) is 79.5 Å². The summed E-state index contributed by atoms with van der Waals surface area (Å²) in [7, 11) is -3.60. The van der Waals surface area contributed by atoms with Crippen LogP contribution in [0.15, 0.2) is 33.7 Å². The lowest BCUT2D eigenvalue weighted by Gasteiger charge is -2.36. The SMILES string of the molecule is Cc1ccc(Cl)cc1N1CCN(S(=O)(=O)c2cc(-c3noc(C4CC4)n3)sc2C)CC1. The van der Waals surface area contributed by atoms with Crippen LogP contribution in [0.25, 0.3) is 10.7 Å². The third-order valence-corrected chi connectivity index (χ3v) is 9.26. The smallest absolute Gasteiger partial charge is 0.244 e. The standard InChI is InChI=1S/C21H23ClN4O3S2/c1-13-3-6-16(22)11-17(13)25-7-9-26(10-8-25)31(27,28)19-12-18(30-14(19)2)20-23-21(29-24-20)15-4-5-15/h3,6,11-12,15H,4-5,7-10H2,1-2H3. The minimum absolute atomic E-state index is 0.331. The molecule has 0 bridgehead atoms. The zero-order valence-corrected chi connectivity index (χ0v) is 19.7. The number of hydrogen-bond acceptors (Lipinski definition) is 7. The fraction of sp³-hybridized carbons (Fsp3) is 0.429. The Morgan fingerprint density at radius 2 is 1.87 bits per heavy atom. The van der Waals surface area contributed by atoms with Gasteiger partial charge in [0.25, 0.3) is 0 Å². The van der Waals surface area contributed by atoms with Crippen LogP contribution >= 0.6 is 22.9 Å². The Morgan fingerprint density at radius 1 is 1.13 bits per heavy atom. The molecule has 2 aliphatic rings. The molecule has 31 heavy (non-hydrogen) atoms. The molecule has 1 aliphatic carbocycles. The number of hydrogen-bond donors (Lipinski definition) is 0. The van der Waals surface area contributed by atoms with Crippen LogP contribution in [0.5, 0.6) is 0 Å². The molecule has 7 nitrogen and oxygen atoms in total. The average Bonchev–Trinajstić information content (AvgIpc) is 3.34. The number of benzene rings is 1. The molecule has 1 saturated carbocycles. The monoisotopic (exact) mass is 478 g/mol. The molecule has 3 aromatic rings. The van der Waals surface area contributed by atoms with Gasteiger partial charge in [0.05, 0.1) is 9.77 Å². The van der Waals surface area contributed by atoms with Crippen LogP contribution in [0.4, 0.5) is 5.69 Å². The Hall–Kier alpha value is -1.94. The maximum absolute atomic E-state index is 13.4. The molecule has 1 aliphatic heterocycles. The van der Waals surface area contributed by atoms with Crippen molar-refractivity contribution in [2.75, 3.05) is 31.1 Å². The molecule has 2 fully saturated rings. The predicted molar refractivity (Wildman–Crippen MR) is 121 cm³/mol. The Kier molecular flexibility index (Phi) is 5.32. The van der Waals surface area contributed by atoms with Gasteiger partial charge in [-0.2, -0.15) is 9.29 Å². The third-order valence-electron chi connectivity index (χ3n) is 5.83. The molecule has 0 N–H and O–H groups in total. The Labute approximate surface area is 190 Å². The van der Waals surface area contributed by atoms with Crippen LogP contribution < -0.4 is 4.90 Å². The van der Waals surface area contributed by atoms with Crippen LogP contribution in [0.1, 0.15) is 35.1 Å². The maximum atomic E-state index is 13.4. The van der Waals surface area contributed by atoms with Crippen molar-refractivity contribution >= 4 is 38.6 Å². The molecule has 0 unspecified atom stereocenters. The molecule has 3 heterocycles. The normalized spacial score (nSPS) is 18.0. The number of rotatable bonds is 5. The van der Waals surface area contributed by atoms with E-state index in [0.717, 1.165) is 33.8 Å². The number of aryl methyl sites for hydroxylation is 2. The molecule has 0 amide bonds. The van der Waals surface area contributed by atoms with E-state index in [1.807, 2.05) is 32.0 Å². The van der Waals surface area contributed by atoms with Gasteiger partial charge in [0, 0.05) is 47.7 Å². The second-order valence-corrected chi connectivity index (χ2v) is 11.7. The van der Waals surface area contributed by atoms with Crippen molar-refractivity contribution in [3.05, 3.63) is 45.6 Å². The number of sulfonamides is 1. The average molecular weight is 479 g/mol. The highest BCUT2D eigenvalue weighted by Crippen LogP contribution is 2.41. The lowest BCUT2D eigenvalue weighted by atomic mass is 10.1. The van der Waals surface area contributed by atoms with Gasteiger partial charge in [0.15, 0.2) is 0 Å². The van der Waals surface area contributed by atoms with Crippen molar-refractivity contribution < 1.29 is 12.9 Å². The van der Waals surface area contributed by atoms with Crippen LogP contribution in [0.3, 0.4) is 0 Å². The van der Waals surface area contributed by atoms with E-state index in [2.05, 4.69) is 15.0 Å². The lowest BCUT2D eigenvalue weighted by molar-refractivity contribution is 0.380. The van der Waals surface area contributed by atoms with E-state index in [0.29, 0.717) is 53.7 Å². The highest BCUT2D eigenvalue weighted by Gasteiger charge is 2.33. The maximum Gasteiger partial charge on any atom is 0.244 e. The molecule has 164 valence electrons. The number of anilines is 1. The molecule has 10 heteroatoms. The zero-order valence-electron chi connectivity index (χ0n) is 17.3. The first-order chi connectivity index (χ1) is 14.8. The number of nitrogens with zero attached hydrogens (tertiary/aromatic N) is 4. The van der Waals surface area contributed by atoms with Crippen molar-refractivity contribution in [1.29, 1.82) is 0 Å². The van der Waals surface area contributed by atoms with Crippen LogP contribution in [-0.4, -0.2) is 49.0 Å². The molecule has 0 radical (unpaired) electrons. The number of aromatic nitrogens is 2. The van der Waals surface area contributed by atoms with Crippen LogP contribution in [0.2, 0.25) is 5.02 Å². The highest BCUT2D eigenvalue weighted by molar-refractivity contribution is 7.89. The van der Waals surface area contributed by atoms with Crippen LogP contribution in [0, 0.1) is 13.8 Å². The Balaban J connectivity index is 1.34. The largest absolute Gasteiger partial charge is 0.369 e. The first kappa shape index (κ1) is 20.9. The summed E-state index contributed by atoms with van der Waals surface area (Å²) in [5.74, 6) is 1.49.